The van der Waals surface area contributed by atoms with Crippen LogP contribution < -0.4 is 11.1 Å². The van der Waals surface area contributed by atoms with Crippen molar-refractivity contribution < 1.29 is 4.79 Å². The first-order chi connectivity index (χ1) is 9.02. The van der Waals surface area contributed by atoms with E-state index in [9.17, 15) is 4.79 Å². The lowest BCUT2D eigenvalue weighted by Gasteiger charge is -2.19. The van der Waals surface area contributed by atoms with E-state index in [1.807, 2.05) is 13.0 Å². The lowest BCUT2D eigenvalue weighted by molar-refractivity contribution is 0.0924. The molecule has 0 aliphatic rings. The highest BCUT2D eigenvalue weighted by Crippen LogP contribution is 2.19. The van der Waals surface area contributed by atoms with Crippen molar-refractivity contribution in [1.29, 1.82) is 0 Å². The van der Waals surface area contributed by atoms with Crippen LogP contribution in [0, 0.1) is 5.92 Å². The van der Waals surface area contributed by atoms with Crippen LogP contribution >= 0.6 is 0 Å². The summed E-state index contributed by atoms with van der Waals surface area (Å²) in [5.41, 5.74) is 7.59. The number of nitrogens with one attached hydrogen (secondary N) is 2. The van der Waals surface area contributed by atoms with Crippen molar-refractivity contribution >= 4 is 22.5 Å². The molecule has 1 amide bonds. The number of rotatable bonds is 4. The predicted molar refractivity (Wildman–Crippen MR) is 76.9 cm³/mol. The number of H-pyrrole nitrogens is 1. The van der Waals surface area contributed by atoms with E-state index < -0.39 is 0 Å². The van der Waals surface area contributed by atoms with E-state index in [2.05, 4.69) is 29.4 Å². The van der Waals surface area contributed by atoms with Gasteiger partial charge >= 0.3 is 0 Å². The number of hydrogen-bond donors (Lipinski definition) is 3. The predicted octanol–water partition coefficient (Wildman–Crippen LogP) is 2.31. The number of amides is 1. The monoisotopic (exact) mass is 260 g/mol. The van der Waals surface area contributed by atoms with Gasteiger partial charge in [-0.25, -0.2) is 0 Å². The van der Waals surface area contributed by atoms with Gasteiger partial charge in [0.25, 0.3) is 5.91 Å². The Kier molecular flexibility index (Phi) is 3.74. The Labute approximate surface area is 112 Å². The molecule has 2 atom stereocenters. The van der Waals surface area contributed by atoms with E-state index in [1.54, 1.807) is 12.1 Å². The largest absolute Gasteiger partial charge is 0.399 e. The Morgan fingerprint density at radius 3 is 2.89 bits per heavy atom. The molecular weight excluding hydrogens is 240 g/mol. The summed E-state index contributed by atoms with van der Waals surface area (Å²) in [6.45, 7) is 6.23. The fourth-order valence-electron chi connectivity index (χ4n) is 1.98. The molecule has 0 saturated carbocycles. The molecule has 0 aliphatic carbocycles. The zero-order chi connectivity index (χ0) is 14.0. The second kappa shape index (κ2) is 5.30. The molecule has 0 radical (unpaired) electrons. The molecule has 0 spiro atoms. The van der Waals surface area contributed by atoms with Crippen molar-refractivity contribution in [2.45, 2.75) is 33.2 Å². The summed E-state index contributed by atoms with van der Waals surface area (Å²) in [5.74, 6) is 0.267. The fraction of sp³-hybridized carbons (Fsp3) is 0.429. The van der Waals surface area contributed by atoms with Gasteiger partial charge in [0.2, 0.25) is 0 Å². The smallest absolute Gasteiger partial charge is 0.272 e. The number of aromatic nitrogens is 2. The third-order valence-electron chi connectivity index (χ3n) is 3.66. The summed E-state index contributed by atoms with van der Waals surface area (Å²) in [6, 6.07) is 5.49. The number of nitrogens with zero attached hydrogens (tertiary/aromatic N) is 1. The number of benzene rings is 1. The first-order valence-corrected chi connectivity index (χ1v) is 6.57. The normalized spacial score (nSPS) is 14.3. The molecule has 0 saturated heterocycles. The molecule has 2 aromatic rings. The minimum atomic E-state index is -0.162. The van der Waals surface area contributed by atoms with Gasteiger partial charge in [-0.2, -0.15) is 5.10 Å². The van der Waals surface area contributed by atoms with Crippen LogP contribution in [-0.2, 0) is 0 Å². The van der Waals surface area contributed by atoms with Crippen LogP contribution in [0.1, 0.15) is 37.7 Å². The summed E-state index contributed by atoms with van der Waals surface area (Å²) in [5, 5.41) is 10.7. The summed E-state index contributed by atoms with van der Waals surface area (Å²) in [6.07, 6.45) is 1.02. The molecule has 1 heterocycles. The van der Waals surface area contributed by atoms with Crippen LogP contribution in [-0.4, -0.2) is 22.1 Å². The average molecular weight is 260 g/mol. The summed E-state index contributed by atoms with van der Waals surface area (Å²) >= 11 is 0. The molecule has 19 heavy (non-hydrogen) atoms. The summed E-state index contributed by atoms with van der Waals surface area (Å²) in [4.78, 5) is 12.2. The van der Waals surface area contributed by atoms with Gasteiger partial charge in [0.1, 0.15) is 0 Å². The van der Waals surface area contributed by atoms with Gasteiger partial charge in [-0.15, -0.1) is 0 Å². The average Bonchev–Trinajstić information content (AvgIpc) is 2.80. The minimum Gasteiger partial charge on any atom is -0.399 e. The number of nitrogen functional groups attached to an aromatic ring is 1. The van der Waals surface area contributed by atoms with Gasteiger partial charge in [0.15, 0.2) is 5.69 Å². The number of aromatic amines is 1. The van der Waals surface area contributed by atoms with Crippen LogP contribution in [0.2, 0.25) is 0 Å². The summed E-state index contributed by atoms with van der Waals surface area (Å²) < 4.78 is 0. The minimum absolute atomic E-state index is 0.116. The van der Waals surface area contributed by atoms with E-state index >= 15 is 0 Å². The molecule has 1 aromatic heterocycles. The van der Waals surface area contributed by atoms with Gasteiger partial charge in [0.05, 0.1) is 5.52 Å². The van der Waals surface area contributed by atoms with Gasteiger partial charge in [-0.3, -0.25) is 9.89 Å². The molecule has 5 heteroatoms. The Morgan fingerprint density at radius 2 is 2.21 bits per heavy atom. The van der Waals surface area contributed by atoms with Crippen molar-refractivity contribution in [2.24, 2.45) is 5.92 Å². The number of carbonyl (C=O) groups excluding carboxylic acids is 1. The lowest BCUT2D eigenvalue weighted by Crippen LogP contribution is -2.37. The van der Waals surface area contributed by atoms with Crippen molar-refractivity contribution in [2.75, 3.05) is 5.73 Å². The van der Waals surface area contributed by atoms with E-state index in [-0.39, 0.29) is 11.9 Å². The third kappa shape index (κ3) is 2.70. The first kappa shape index (κ1) is 13.4. The van der Waals surface area contributed by atoms with Crippen LogP contribution in [0.4, 0.5) is 5.69 Å². The number of hydrogen-bond acceptors (Lipinski definition) is 3. The van der Waals surface area contributed by atoms with E-state index in [4.69, 9.17) is 5.73 Å². The highest BCUT2D eigenvalue weighted by molar-refractivity contribution is 6.05. The second-order valence-electron chi connectivity index (χ2n) is 5.02. The zero-order valence-electron chi connectivity index (χ0n) is 11.5. The van der Waals surface area contributed by atoms with Gasteiger partial charge in [-0.05, 0) is 31.0 Å². The molecule has 0 bridgehead atoms. The second-order valence-corrected chi connectivity index (χ2v) is 5.02. The van der Waals surface area contributed by atoms with Crippen LogP contribution in [0.5, 0.6) is 0 Å². The number of fused-ring (bicyclic) bond motifs is 1. The van der Waals surface area contributed by atoms with Crippen LogP contribution in [0.25, 0.3) is 10.9 Å². The summed E-state index contributed by atoms with van der Waals surface area (Å²) in [7, 11) is 0. The molecular formula is C14H20N4O. The van der Waals surface area contributed by atoms with Gasteiger partial charge in [-0.1, -0.05) is 20.3 Å². The highest BCUT2D eigenvalue weighted by atomic mass is 16.2. The molecule has 0 fully saturated rings. The Bertz CT molecular complexity index is 590. The van der Waals surface area contributed by atoms with Crippen molar-refractivity contribution in [3.8, 4) is 0 Å². The number of anilines is 1. The molecule has 5 nitrogen and oxygen atoms in total. The molecule has 4 N–H and O–H groups in total. The van der Waals surface area contributed by atoms with Crippen LogP contribution in [0.3, 0.4) is 0 Å². The number of nitrogens with two attached hydrogens (primary N) is 1. The quantitative estimate of drug-likeness (QED) is 0.737. The molecule has 2 rings (SSSR count). The molecule has 1 aromatic carbocycles. The third-order valence-corrected chi connectivity index (χ3v) is 3.66. The lowest BCUT2D eigenvalue weighted by atomic mass is 10.0. The maximum atomic E-state index is 12.2. The van der Waals surface area contributed by atoms with Gasteiger partial charge < -0.3 is 11.1 Å². The Morgan fingerprint density at radius 1 is 1.47 bits per heavy atom. The van der Waals surface area contributed by atoms with Crippen molar-refractivity contribution in [3.63, 3.8) is 0 Å². The Balaban J connectivity index is 2.24. The fourth-order valence-corrected chi connectivity index (χ4v) is 1.98. The van der Waals surface area contributed by atoms with E-state index in [0.717, 1.165) is 17.3 Å². The van der Waals surface area contributed by atoms with Gasteiger partial charge in [0, 0.05) is 17.1 Å². The van der Waals surface area contributed by atoms with E-state index in [0.29, 0.717) is 17.3 Å². The van der Waals surface area contributed by atoms with Crippen LogP contribution in [0.15, 0.2) is 18.2 Å². The standard InChI is InChI=1S/C14H20N4O/c1-4-8(2)9(3)16-14(19)13-11-7-10(15)5-6-12(11)17-18-13/h5-9H,4,15H2,1-3H3,(H,16,19)(H,17,18). The zero-order valence-corrected chi connectivity index (χ0v) is 11.5. The maximum absolute atomic E-state index is 12.2. The SMILES string of the molecule is CCC(C)C(C)NC(=O)c1n[nH]c2ccc(N)cc12. The van der Waals surface area contributed by atoms with E-state index in [1.165, 1.54) is 0 Å². The molecule has 2 unspecified atom stereocenters. The van der Waals surface area contributed by atoms with Crippen molar-refractivity contribution in [3.05, 3.63) is 23.9 Å². The van der Waals surface area contributed by atoms with Crippen molar-refractivity contribution in [1.82, 2.24) is 15.5 Å². The topological polar surface area (TPSA) is 83.8 Å². The highest BCUT2D eigenvalue weighted by Gasteiger charge is 2.18. The first-order valence-electron chi connectivity index (χ1n) is 6.57. The molecule has 102 valence electrons. The maximum Gasteiger partial charge on any atom is 0.272 e. The number of carbonyl (C=O) groups is 1. The molecule has 0 aliphatic heterocycles. The Hall–Kier alpha value is -2.04.